The van der Waals surface area contributed by atoms with E-state index < -0.39 is 5.91 Å². The Morgan fingerprint density at radius 2 is 1.78 bits per heavy atom. The number of phenols is 1. The third kappa shape index (κ3) is 6.33. The van der Waals surface area contributed by atoms with Crippen molar-refractivity contribution < 1.29 is 14.6 Å². The quantitative estimate of drug-likeness (QED) is 0.153. The number of amides is 1. The smallest absolute Gasteiger partial charge is 0.277 e. The van der Waals surface area contributed by atoms with E-state index in [1.54, 1.807) is 12.1 Å². The maximum absolute atomic E-state index is 12.1. The molecule has 2 N–H and O–H groups in total. The Labute approximate surface area is 210 Å². The zero-order valence-electron chi connectivity index (χ0n) is 20.3. The summed E-state index contributed by atoms with van der Waals surface area (Å²) < 4.78 is 5.52. The van der Waals surface area contributed by atoms with Crippen LogP contribution in [0.1, 0.15) is 37.3 Å². The van der Waals surface area contributed by atoms with E-state index in [1.807, 2.05) is 66.7 Å². The molecule has 4 aromatic carbocycles. The van der Waals surface area contributed by atoms with Gasteiger partial charge in [-0.25, -0.2) is 5.43 Å². The standard InChI is InChI=1S/C29H28N4O3/c1-3-20(2)21-11-14-25(15-12-21)36-19-29(35)33-30-18-23-17-24(13-16-28(23)34)31-32-27-10-6-8-22-7-4-5-9-26(22)27/h4-18,20,34H,3,19H2,1-2H3,(H,33,35)/b30-18-,32-31?/t20-/m0/s1. The fourth-order valence-corrected chi connectivity index (χ4v) is 3.60. The van der Waals surface area contributed by atoms with Gasteiger partial charge in [0.15, 0.2) is 6.61 Å². The molecule has 7 heteroatoms. The lowest BCUT2D eigenvalue weighted by Gasteiger charge is -2.10. The molecule has 0 aliphatic carbocycles. The van der Waals surface area contributed by atoms with Crippen molar-refractivity contribution in [3.63, 3.8) is 0 Å². The molecule has 0 unspecified atom stereocenters. The summed E-state index contributed by atoms with van der Waals surface area (Å²) >= 11 is 0. The van der Waals surface area contributed by atoms with Crippen molar-refractivity contribution in [1.82, 2.24) is 5.43 Å². The number of rotatable bonds is 9. The van der Waals surface area contributed by atoms with E-state index in [-0.39, 0.29) is 12.4 Å². The van der Waals surface area contributed by atoms with Crippen LogP contribution in [0.3, 0.4) is 0 Å². The average Bonchev–Trinajstić information content (AvgIpc) is 2.92. The molecule has 0 aromatic heterocycles. The fraction of sp³-hybridized carbons (Fsp3) is 0.172. The van der Waals surface area contributed by atoms with E-state index in [0.29, 0.717) is 22.9 Å². The summed E-state index contributed by atoms with van der Waals surface area (Å²) in [6.07, 6.45) is 2.41. The number of hydrogen-bond donors (Lipinski definition) is 2. The van der Waals surface area contributed by atoms with Crippen LogP contribution < -0.4 is 10.2 Å². The number of carbonyl (C=O) groups excluding carboxylic acids is 1. The van der Waals surface area contributed by atoms with E-state index >= 15 is 0 Å². The van der Waals surface area contributed by atoms with Crippen LogP contribution in [0.25, 0.3) is 10.8 Å². The van der Waals surface area contributed by atoms with E-state index in [2.05, 4.69) is 34.6 Å². The highest BCUT2D eigenvalue weighted by atomic mass is 16.5. The molecule has 0 fully saturated rings. The van der Waals surface area contributed by atoms with Crippen LogP contribution >= 0.6 is 0 Å². The molecule has 0 saturated carbocycles. The average molecular weight is 481 g/mol. The number of aromatic hydroxyl groups is 1. The van der Waals surface area contributed by atoms with Crippen LogP contribution in [0.15, 0.2) is 100 Å². The monoisotopic (exact) mass is 480 g/mol. The Balaban J connectivity index is 1.35. The molecule has 0 aliphatic rings. The Morgan fingerprint density at radius 1 is 1.00 bits per heavy atom. The number of benzene rings is 4. The molecule has 7 nitrogen and oxygen atoms in total. The summed E-state index contributed by atoms with van der Waals surface area (Å²) in [5, 5.41) is 24.8. The Bertz CT molecular complexity index is 1390. The summed E-state index contributed by atoms with van der Waals surface area (Å²) in [6.45, 7) is 4.14. The fourth-order valence-electron chi connectivity index (χ4n) is 3.60. The number of azo groups is 1. The van der Waals surface area contributed by atoms with E-state index in [0.717, 1.165) is 22.9 Å². The zero-order chi connectivity index (χ0) is 25.3. The second kappa shape index (κ2) is 11.8. The maximum atomic E-state index is 12.1. The van der Waals surface area contributed by atoms with Gasteiger partial charge in [-0.15, -0.1) is 5.11 Å². The second-order valence-electron chi connectivity index (χ2n) is 8.40. The third-order valence-electron chi connectivity index (χ3n) is 5.88. The van der Waals surface area contributed by atoms with E-state index in [1.165, 1.54) is 17.8 Å². The van der Waals surface area contributed by atoms with Gasteiger partial charge in [0.25, 0.3) is 5.91 Å². The van der Waals surface area contributed by atoms with Gasteiger partial charge in [0, 0.05) is 10.9 Å². The van der Waals surface area contributed by atoms with Crippen LogP contribution in [0.5, 0.6) is 11.5 Å². The minimum Gasteiger partial charge on any atom is -0.507 e. The molecule has 182 valence electrons. The largest absolute Gasteiger partial charge is 0.507 e. The first-order valence-corrected chi connectivity index (χ1v) is 11.8. The number of nitrogens with zero attached hydrogens (tertiary/aromatic N) is 3. The number of nitrogens with one attached hydrogen (secondary N) is 1. The van der Waals surface area contributed by atoms with Gasteiger partial charge in [-0.2, -0.15) is 10.2 Å². The van der Waals surface area contributed by atoms with Gasteiger partial charge in [-0.05, 0) is 59.7 Å². The lowest BCUT2D eigenvalue weighted by molar-refractivity contribution is -0.123. The first-order chi connectivity index (χ1) is 17.5. The highest BCUT2D eigenvalue weighted by molar-refractivity contribution is 5.92. The first kappa shape index (κ1) is 24.6. The van der Waals surface area contributed by atoms with Gasteiger partial charge in [-0.1, -0.05) is 62.4 Å². The Morgan fingerprint density at radius 3 is 2.58 bits per heavy atom. The van der Waals surface area contributed by atoms with Gasteiger partial charge in [0.2, 0.25) is 0 Å². The van der Waals surface area contributed by atoms with E-state index in [4.69, 9.17) is 4.74 Å². The van der Waals surface area contributed by atoms with Crippen LogP contribution in [-0.4, -0.2) is 23.8 Å². The highest BCUT2D eigenvalue weighted by Gasteiger charge is 2.06. The van der Waals surface area contributed by atoms with Crippen molar-refractivity contribution in [1.29, 1.82) is 0 Å². The molecular formula is C29H28N4O3. The van der Waals surface area contributed by atoms with Gasteiger partial charge < -0.3 is 9.84 Å². The van der Waals surface area contributed by atoms with Crippen molar-refractivity contribution in [2.45, 2.75) is 26.2 Å². The molecule has 36 heavy (non-hydrogen) atoms. The minimum atomic E-state index is -0.413. The predicted molar refractivity (Wildman–Crippen MR) is 143 cm³/mol. The molecule has 0 bridgehead atoms. The zero-order valence-corrected chi connectivity index (χ0v) is 20.3. The SMILES string of the molecule is CC[C@H](C)c1ccc(OCC(=O)N/N=C\c2cc(N=Nc3cccc4ccccc34)ccc2O)cc1. The molecule has 0 spiro atoms. The van der Waals surface area contributed by atoms with Crippen LogP contribution in [0, 0.1) is 0 Å². The molecule has 0 heterocycles. The van der Waals surface area contributed by atoms with Gasteiger partial charge in [0.1, 0.15) is 11.5 Å². The van der Waals surface area contributed by atoms with Crippen LogP contribution in [0.2, 0.25) is 0 Å². The number of hydrazone groups is 1. The van der Waals surface area contributed by atoms with E-state index in [9.17, 15) is 9.90 Å². The van der Waals surface area contributed by atoms with Crippen molar-refractivity contribution >= 4 is 34.3 Å². The lowest BCUT2D eigenvalue weighted by Crippen LogP contribution is -2.24. The van der Waals surface area contributed by atoms with Crippen molar-refractivity contribution in [3.05, 3.63) is 96.1 Å². The van der Waals surface area contributed by atoms with Crippen molar-refractivity contribution in [2.24, 2.45) is 15.3 Å². The van der Waals surface area contributed by atoms with Crippen LogP contribution in [-0.2, 0) is 4.79 Å². The molecule has 0 radical (unpaired) electrons. The summed E-state index contributed by atoms with van der Waals surface area (Å²) in [5.74, 6) is 0.688. The predicted octanol–water partition coefficient (Wildman–Crippen LogP) is 7.00. The number of hydrogen-bond acceptors (Lipinski definition) is 6. The number of phenolic OH excluding ortho intramolecular Hbond substituents is 1. The number of carbonyl (C=O) groups is 1. The van der Waals surface area contributed by atoms with Gasteiger partial charge in [0.05, 0.1) is 17.6 Å². The topological polar surface area (TPSA) is 95.6 Å². The molecular weight excluding hydrogens is 452 g/mol. The normalized spacial score (nSPS) is 12.3. The summed E-state index contributed by atoms with van der Waals surface area (Å²) in [5.41, 5.74) is 5.32. The Hall–Kier alpha value is -4.52. The van der Waals surface area contributed by atoms with Gasteiger partial charge in [-0.3, -0.25) is 4.79 Å². The molecule has 1 atom stereocenters. The van der Waals surface area contributed by atoms with Crippen LogP contribution in [0.4, 0.5) is 11.4 Å². The molecule has 0 saturated heterocycles. The lowest BCUT2D eigenvalue weighted by atomic mass is 9.99. The van der Waals surface area contributed by atoms with Crippen molar-refractivity contribution in [2.75, 3.05) is 6.61 Å². The Kier molecular flexibility index (Phi) is 8.03. The van der Waals surface area contributed by atoms with Crippen molar-refractivity contribution in [3.8, 4) is 11.5 Å². The summed E-state index contributed by atoms with van der Waals surface area (Å²) in [7, 11) is 0. The third-order valence-corrected chi connectivity index (χ3v) is 5.88. The minimum absolute atomic E-state index is 0.00903. The molecule has 0 aliphatic heterocycles. The summed E-state index contributed by atoms with van der Waals surface area (Å²) in [4.78, 5) is 12.1. The number of fused-ring (bicyclic) bond motifs is 1. The number of ether oxygens (including phenoxy) is 1. The molecule has 4 rings (SSSR count). The highest BCUT2D eigenvalue weighted by Crippen LogP contribution is 2.29. The first-order valence-electron chi connectivity index (χ1n) is 11.8. The summed E-state index contributed by atoms with van der Waals surface area (Å²) in [6, 6.07) is 26.3. The second-order valence-corrected chi connectivity index (χ2v) is 8.40. The maximum Gasteiger partial charge on any atom is 0.277 e. The molecule has 1 amide bonds. The van der Waals surface area contributed by atoms with Gasteiger partial charge >= 0.3 is 0 Å². The molecule has 4 aromatic rings.